The molecule has 1 unspecified atom stereocenters. The molecular formula is C36H38F3N3O4S. The number of nitrogens with zero attached hydrogens (tertiary/aromatic N) is 2. The van der Waals surface area contributed by atoms with E-state index in [-0.39, 0.29) is 23.5 Å². The Morgan fingerprint density at radius 3 is 2.15 bits per heavy atom. The Kier molecular flexibility index (Phi) is 11.5. The molecule has 0 fully saturated rings. The molecule has 1 atom stereocenters. The molecular weight excluding hydrogens is 627 g/mol. The first kappa shape index (κ1) is 35.2. The Hall–Kier alpha value is -4.64. The van der Waals surface area contributed by atoms with E-state index in [0.717, 1.165) is 34.4 Å². The number of aryl methyl sites for hydroxylation is 2. The second kappa shape index (κ2) is 15.3. The van der Waals surface area contributed by atoms with Crippen molar-refractivity contribution in [2.45, 2.75) is 57.3 Å². The van der Waals surface area contributed by atoms with E-state index in [2.05, 4.69) is 5.32 Å². The molecule has 4 rings (SSSR count). The fourth-order valence-corrected chi connectivity index (χ4v) is 6.50. The van der Waals surface area contributed by atoms with Gasteiger partial charge in [-0.3, -0.25) is 13.9 Å². The summed E-state index contributed by atoms with van der Waals surface area (Å²) >= 11 is 0. The first-order valence-electron chi connectivity index (χ1n) is 15.2. The normalized spacial score (nSPS) is 12.3. The zero-order valence-electron chi connectivity index (χ0n) is 26.5. The average Bonchev–Trinajstić information content (AvgIpc) is 3.05. The van der Waals surface area contributed by atoms with Gasteiger partial charge in [0.05, 0.1) is 16.1 Å². The first-order chi connectivity index (χ1) is 22.3. The predicted octanol–water partition coefficient (Wildman–Crippen LogP) is 6.68. The summed E-state index contributed by atoms with van der Waals surface area (Å²) < 4.78 is 70.2. The van der Waals surface area contributed by atoms with E-state index >= 15 is 0 Å². The molecule has 4 aromatic rings. The van der Waals surface area contributed by atoms with E-state index < -0.39 is 46.2 Å². The Morgan fingerprint density at radius 2 is 1.51 bits per heavy atom. The highest BCUT2D eigenvalue weighted by Gasteiger charge is 2.36. The summed E-state index contributed by atoms with van der Waals surface area (Å²) in [6.07, 6.45) is -3.98. The second-order valence-electron chi connectivity index (χ2n) is 11.3. The van der Waals surface area contributed by atoms with Gasteiger partial charge < -0.3 is 10.2 Å². The van der Waals surface area contributed by atoms with E-state index in [1.54, 1.807) is 25.1 Å². The van der Waals surface area contributed by atoms with E-state index in [0.29, 0.717) is 23.3 Å². The molecule has 0 bridgehead atoms. The SMILES string of the molecule is CCCNC(=O)C(Cc1ccccc1)N(Cc1ccccc1C)C(=O)CN(c1cccc(C(F)(F)F)c1)S(=O)(=O)c1ccc(C)cc1. The minimum absolute atomic E-state index is 0.0381. The van der Waals surface area contributed by atoms with Gasteiger partial charge in [-0.2, -0.15) is 13.2 Å². The number of hydrogen-bond acceptors (Lipinski definition) is 4. The van der Waals surface area contributed by atoms with Crippen LogP contribution in [-0.2, 0) is 38.8 Å². The van der Waals surface area contributed by atoms with Gasteiger partial charge >= 0.3 is 6.18 Å². The van der Waals surface area contributed by atoms with E-state index in [9.17, 15) is 31.2 Å². The number of hydrogen-bond donors (Lipinski definition) is 1. The maximum absolute atomic E-state index is 14.5. The molecule has 0 spiro atoms. The quantitative estimate of drug-likeness (QED) is 0.173. The maximum atomic E-state index is 14.5. The fourth-order valence-electron chi connectivity index (χ4n) is 5.09. The molecule has 0 aromatic heterocycles. The van der Waals surface area contributed by atoms with Crippen molar-refractivity contribution < 1.29 is 31.2 Å². The Balaban J connectivity index is 1.85. The summed E-state index contributed by atoms with van der Waals surface area (Å²) in [7, 11) is -4.54. The van der Waals surface area contributed by atoms with Crippen LogP contribution in [0.3, 0.4) is 0 Å². The van der Waals surface area contributed by atoms with Crippen LogP contribution in [0.25, 0.3) is 0 Å². The Bertz CT molecular complexity index is 1780. The number of amides is 2. The summed E-state index contributed by atoms with van der Waals surface area (Å²) in [5.41, 5.74) is 1.73. The number of sulfonamides is 1. The van der Waals surface area contributed by atoms with Gasteiger partial charge in [-0.25, -0.2) is 8.42 Å². The molecule has 0 aliphatic carbocycles. The number of anilines is 1. The van der Waals surface area contributed by atoms with E-state index in [1.807, 2.05) is 62.4 Å². The van der Waals surface area contributed by atoms with Gasteiger partial charge in [0.1, 0.15) is 12.6 Å². The lowest BCUT2D eigenvalue weighted by atomic mass is 10.0. The predicted molar refractivity (Wildman–Crippen MR) is 176 cm³/mol. The van der Waals surface area contributed by atoms with E-state index in [4.69, 9.17) is 0 Å². The van der Waals surface area contributed by atoms with Crippen molar-refractivity contribution in [2.24, 2.45) is 0 Å². The third kappa shape index (κ3) is 9.00. The van der Waals surface area contributed by atoms with Crippen LogP contribution < -0.4 is 9.62 Å². The second-order valence-corrected chi connectivity index (χ2v) is 13.2. The molecule has 7 nitrogen and oxygen atoms in total. The van der Waals surface area contributed by atoms with Crippen LogP contribution in [0.5, 0.6) is 0 Å². The van der Waals surface area contributed by atoms with Crippen LogP contribution in [0.4, 0.5) is 18.9 Å². The smallest absolute Gasteiger partial charge is 0.354 e. The molecule has 0 aliphatic heterocycles. The lowest BCUT2D eigenvalue weighted by Gasteiger charge is -2.34. The van der Waals surface area contributed by atoms with Crippen molar-refractivity contribution >= 4 is 27.5 Å². The number of halogens is 3. The highest BCUT2D eigenvalue weighted by atomic mass is 32.2. The zero-order valence-corrected chi connectivity index (χ0v) is 27.3. The minimum atomic E-state index is -4.76. The Labute approximate surface area is 274 Å². The number of carbonyl (C=O) groups is 2. The fraction of sp³-hybridized carbons (Fsp3) is 0.278. The molecule has 2 amide bonds. The molecule has 0 radical (unpaired) electrons. The largest absolute Gasteiger partial charge is 0.416 e. The summed E-state index contributed by atoms with van der Waals surface area (Å²) in [5, 5.41) is 2.87. The molecule has 248 valence electrons. The first-order valence-corrected chi connectivity index (χ1v) is 16.7. The third-order valence-electron chi connectivity index (χ3n) is 7.77. The van der Waals surface area contributed by atoms with Crippen molar-refractivity contribution in [3.8, 4) is 0 Å². The van der Waals surface area contributed by atoms with Crippen LogP contribution >= 0.6 is 0 Å². The summed E-state index contributed by atoms with van der Waals surface area (Å²) in [6.45, 7) is 4.99. The molecule has 4 aromatic carbocycles. The van der Waals surface area contributed by atoms with Crippen molar-refractivity contribution in [1.82, 2.24) is 10.2 Å². The van der Waals surface area contributed by atoms with Crippen molar-refractivity contribution in [3.63, 3.8) is 0 Å². The van der Waals surface area contributed by atoms with Gasteiger partial charge in [0.15, 0.2) is 0 Å². The van der Waals surface area contributed by atoms with Crippen LogP contribution in [0.2, 0.25) is 0 Å². The van der Waals surface area contributed by atoms with Gasteiger partial charge in [0, 0.05) is 19.5 Å². The minimum Gasteiger partial charge on any atom is -0.354 e. The number of alkyl halides is 3. The number of rotatable bonds is 13. The number of benzene rings is 4. The lowest BCUT2D eigenvalue weighted by molar-refractivity contribution is -0.140. The van der Waals surface area contributed by atoms with Crippen LogP contribution in [-0.4, -0.2) is 44.3 Å². The molecule has 0 aliphatic rings. The monoisotopic (exact) mass is 665 g/mol. The maximum Gasteiger partial charge on any atom is 0.416 e. The third-order valence-corrected chi connectivity index (χ3v) is 9.56. The molecule has 11 heteroatoms. The zero-order chi connectivity index (χ0) is 34.2. The summed E-state index contributed by atoms with van der Waals surface area (Å²) in [4.78, 5) is 29.3. The molecule has 0 saturated heterocycles. The number of carbonyl (C=O) groups excluding carboxylic acids is 2. The highest BCUT2D eigenvalue weighted by Crippen LogP contribution is 2.33. The van der Waals surface area contributed by atoms with Crippen molar-refractivity contribution in [2.75, 3.05) is 17.4 Å². The summed E-state index contributed by atoms with van der Waals surface area (Å²) in [6, 6.07) is 25.0. The lowest BCUT2D eigenvalue weighted by Crippen LogP contribution is -2.53. The van der Waals surface area contributed by atoms with Crippen LogP contribution in [0.1, 0.15) is 41.2 Å². The van der Waals surface area contributed by atoms with Gasteiger partial charge in [0.2, 0.25) is 11.8 Å². The highest BCUT2D eigenvalue weighted by molar-refractivity contribution is 7.92. The van der Waals surface area contributed by atoms with Crippen molar-refractivity contribution in [1.29, 1.82) is 0 Å². The number of nitrogens with one attached hydrogen (secondary N) is 1. The standard InChI is InChI=1S/C36H38F3N3O4S/c1-4-21-40-35(44)33(22-28-12-6-5-7-13-28)41(24-29-14-9-8-11-27(29)3)34(43)25-42(31-16-10-15-30(23-31)36(37,38)39)47(45,46)32-19-17-26(2)18-20-32/h5-20,23,33H,4,21-22,24-25H2,1-3H3,(H,40,44). The van der Waals surface area contributed by atoms with Gasteiger partial charge in [0.25, 0.3) is 10.0 Å². The Morgan fingerprint density at radius 1 is 0.851 bits per heavy atom. The van der Waals surface area contributed by atoms with Gasteiger partial charge in [-0.15, -0.1) is 0 Å². The van der Waals surface area contributed by atoms with Crippen molar-refractivity contribution in [3.05, 3.63) is 131 Å². The molecule has 47 heavy (non-hydrogen) atoms. The molecule has 0 saturated carbocycles. The molecule has 1 N–H and O–H groups in total. The summed E-state index contributed by atoms with van der Waals surface area (Å²) in [5.74, 6) is -1.18. The van der Waals surface area contributed by atoms with Crippen LogP contribution in [0.15, 0.2) is 108 Å². The topological polar surface area (TPSA) is 86.8 Å². The van der Waals surface area contributed by atoms with Gasteiger partial charge in [-0.05, 0) is 67.3 Å². The van der Waals surface area contributed by atoms with Crippen LogP contribution in [0, 0.1) is 13.8 Å². The molecule has 0 heterocycles. The van der Waals surface area contributed by atoms with E-state index in [1.165, 1.54) is 23.1 Å². The van der Waals surface area contributed by atoms with Gasteiger partial charge in [-0.1, -0.05) is 85.3 Å². The average molecular weight is 666 g/mol.